The number of nitrogens with one attached hydrogen (secondary N) is 2. The predicted molar refractivity (Wildman–Crippen MR) is 92.7 cm³/mol. The summed E-state index contributed by atoms with van der Waals surface area (Å²) in [5.74, 6) is -0.210. The Bertz CT molecular complexity index is 801. The minimum Gasteiger partial charge on any atom is -0.352 e. The van der Waals surface area contributed by atoms with Crippen molar-refractivity contribution in [1.82, 2.24) is 15.0 Å². The van der Waals surface area contributed by atoms with Gasteiger partial charge in [0.05, 0.1) is 4.90 Å². The SMILES string of the molecule is CNS(=O)(=O)c1ccc(/C=C/C(=O)NCCc2ccccn2)cc1. The number of nitrogens with zero attached hydrogens (tertiary/aromatic N) is 1. The lowest BCUT2D eigenvalue weighted by molar-refractivity contribution is -0.116. The van der Waals surface area contributed by atoms with Gasteiger partial charge in [-0.1, -0.05) is 18.2 Å². The normalized spacial score (nSPS) is 11.5. The molecule has 0 aliphatic rings. The van der Waals surface area contributed by atoms with Crippen LogP contribution in [0.15, 0.2) is 59.6 Å². The molecular formula is C17H19N3O3S. The van der Waals surface area contributed by atoms with E-state index in [1.807, 2.05) is 18.2 Å². The third-order valence-corrected chi connectivity index (χ3v) is 4.72. The van der Waals surface area contributed by atoms with E-state index < -0.39 is 10.0 Å². The number of hydrogen-bond acceptors (Lipinski definition) is 4. The van der Waals surface area contributed by atoms with Crippen molar-refractivity contribution in [1.29, 1.82) is 0 Å². The molecular weight excluding hydrogens is 326 g/mol. The van der Waals surface area contributed by atoms with Gasteiger partial charge in [0, 0.05) is 30.9 Å². The highest BCUT2D eigenvalue weighted by Gasteiger charge is 2.09. The molecule has 126 valence electrons. The van der Waals surface area contributed by atoms with Crippen molar-refractivity contribution in [2.45, 2.75) is 11.3 Å². The van der Waals surface area contributed by atoms with Crippen LogP contribution in [-0.2, 0) is 21.2 Å². The van der Waals surface area contributed by atoms with Crippen LogP contribution in [0.25, 0.3) is 6.08 Å². The first kappa shape index (κ1) is 17.8. The maximum Gasteiger partial charge on any atom is 0.244 e. The van der Waals surface area contributed by atoms with Crippen molar-refractivity contribution in [3.8, 4) is 0 Å². The standard InChI is InChI=1S/C17H19N3O3S/c1-18-24(22,23)16-8-5-14(6-9-16)7-10-17(21)20-13-11-15-4-2-3-12-19-15/h2-10,12,18H,11,13H2,1H3,(H,20,21)/b10-7+. The molecule has 2 N–H and O–H groups in total. The second-order valence-corrected chi connectivity index (χ2v) is 6.86. The van der Waals surface area contributed by atoms with Crippen LogP contribution >= 0.6 is 0 Å². The number of rotatable bonds is 7. The molecule has 0 spiro atoms. The van der Waals surface area contributed by atoms with Crippen LogP contribution in [0.3, 0.4) is 0 Å². The van der Waals surface area contributed by atoms with E-state index in [4.69, 9.17) is 0 Å². The molecule has 24 heavy (non-hydrogen) atoms. The number of carbonyl (C=O) groups excluding carboxylic acids is 1. The monoisotopic (exact) mass is 345 g/mol. The van der Waals surface area contributed by atoms with E-state index in [0.717, 1.165) is 11.3 Å². The topological polar surface area (TPSA) is 88.2 Å². The van der Waals surface area contributed by atoms with Crippen LogP contribution in [0.4, 0.5) is 0 Å². The third kappa shape index (κ3) is 5.29. The fourth-order valence-corrected chi connectivity index (χ4v) is 2.70. The predicted octanol–water partition coefficient (Wildman–Crippen LogP) is 1.36. The Morgan fingerprint density at radius 1 is 1.17 bits per heavy atom. The Balaban J connectivity index is 1.85. The molecule has 6 nitrogen and oxygen atoms in total. The minimum atomic E-state index is -3.44. The third-order valence-electron chi connectivity index (χ3n) is 3.29. The van der Waals surface area contributed by atoms with Gasteiger partial charge in [-0.15, -0.1) is 0 Å². The zero-order chi connectivity index (χ0) is 17.4. The molecule has 0 saturated carbocycles. The number of carbonyl (C=O) groups is 1. The van der Waals surface area contributed by atoms with Gasteiger partial charge in [0.25, 0.3) is 0 Å². The van der Waals surface area contributed by atoms with Gasteiger partial charge in [-0.05, 0) is 43.0 Å². The number of amides is 1. The average molecular weight is 345 g/mol. The number of aromatic nitrogens is 1. The van der Waals surface area contributed by atoms with Crippen molar-refractivity contribution in [2.24, 2.45) is 0 Å². The van der Waals surface area contributed by atoms with Gasteiger partial charge in [-0.3, -0.25) is 9.78 Å². The molecule has 2 rings (SSSR count). The second kappa shape index (κ2) is 8.37. The van der Waals surface area contributed by atoms with E-state index in [9.17, 15) is 13.2 Å². The molecule has 0 radical (unpaired) electrons. The molecule has 1 heterocycles. The Hall–Kier alpha value is -2.51. The summed E-state index contributed by atoms with van der Waals surface area (Å²) < 4.78 is 25.5. The van der Waals surface area contributed by atoms with Gasteiger partial charge in [-0.2, -0.15) is 0 Å². The Morgan fingerprint density at radius 2 is 1.92 bits per heavy atom. The molecule has 0 saturated heterocycles. The fourth-order valence-electron chi connectivity index (χ4n) is 1.97. The summed E-state index contributed by atoms with van der Waals surface area (Å²) in [7, 11) is -2.08. The van der Waals surface area contributed by atoms with Crippen molar-refractivity contribution < 1.29 is 13.2 Å². The largest absolute Gasteiger partial charge is 0.352 e. The zero-order valence-electron chi connectivity index (χ0n) is 13.3. The first-order chi connectivity index (χ1) is 11.5. The first-order valence-electron chi connectivity index (χ1n) is 7.41. The van der Waals surface area contributed by atoms with E-state index in [1.54, 1.807) is 24.4 Å². The van der Waals surface area contributed by atoms with Crippen LogP contribution in [0.1, 0.15) is 11.3 Å². The number of hydrogen-bond donors (Lipinski definition) is 2. The van der Waals surface area contributed by atoms with E-state index in [2.05, 4.69) is 15.0 Å². The number of sulfonamides is 1. The first-order valence-corrected chi connectivity index (χ1v) is 8.89. The minimum absolute atomic E-state index is 0.182. The molecule has 7 heteroatoms. The Labute approximate surface area is 141 Å². The molecule has 0 bridgehead atoms. The van der Waals surface area contributed by atoms with Crippen molar-refractivity contribution in [3.63, 3.8) is 0 Å². The van der Waals surface area contributed by atoms with Crippen LogP contribution in [0.5, 0.6) is 0 Å². The molecule has 1 aromatic heterocycles. The van der Waals surface area contributed by atoms with Gasteiger partial charge >= 0.3 is 0 Å². The van der Waals surface area contributed by atoms with E-state index in [0.29, 0.717) is 13.0 Å². The van der Waals surface area contributed by atoms with E-state index in [-0.39, 0.29) is 10.8 Å². The molecule has 0 atom stereocenters. The number of benzene rings is 1. The lowest BCUT2D eigenvalue weighted by Gasteiger charge is -2.03. The highest BCUT2D eigenvalue weighted by molar-refractivity contribution is 7.89. The summed E-state index contributed by atoms with van der Waals surface area (Å²) in [6.07, 6.45) is 5.43. The summed E-state index contributed by atoms with van der Waals surface area (Å²) in [6.45, 7) is 0.500. The summed E-state index contributed by atoms with van der Waals surface area (Å²) in [5, 5.41) is 2.77. The van der Waals surface area contributed by atoms with Gasteiger partial charge in [0.15, 0.2) is 0 Å². The van der Waals surface area contributed by atoms with Crippen molar-refractivity contribution in [2.75, 3.05) is 13.6 Å². The molecule has 0 unspecified atom stereocenters. The van der Waals surface area contributed by atoms with Gasteiger partial charge in [0.2, 0.25) is 15.9 Å². The van der Waals surface area contributed by atoms with Crippen LogP contribution in [0.2, 0.25) is 0 Å². The Morgan fingerprint density at radius 3 is 2.54 bits per heavy atom. The Kier molecular flexibility index (Phi) is 6.22. The van der Waals surface area contributed by atoms with Gasteiger partial charge < -0.3 is 5.32 Å². The molecule has 0 fully saturated rings. The fraction of sp³-hybridized carbons (Fsp3) is 0.176. The highest BCUT2D eigenvalue weighted by atomic mass is 32.2. The number of pyridine rings is 1. The molecule has 0 aliphatic carbocycles. The molecule has 2 aromatic rings. The molecule has 1 aromatic carbocycles. The van der Waals surface area contributed by atoms with Gasteiger partial charge in [-0.25, -0.2) is 13.1 Å². The molecule has 0 aliphatic heterocycles. The second-order valence-electron chi connectivity index (χ2n) is 4.97. The van der Waals surface area contributed by atoms with Crippen molar-refractivity contribution in [3.05, 3.63) is 66.0 Å². The molecule has 1 amide bonds. The summed E-state index contributed by atoms with van der Waals surface area (Å²) in [4.78, 5) is 16.1. The lowest BCUT2D eigenvalue weighted by Crippen LogP contribution is -2.23. The lowest BCUT2D eigenvalue weighted by atomic mass is 10.2. The van der Waals surface area contributed by atoms with E-state index in [1.165, 1.54) is 25.3 Å². The highest BCUT2D eigenvalue weighted by Crippen LogP contribution is 2.11. The average Bonchev–Trinajstić information content (AvgIpc) is 2.61. The van der Waals surface area contributed by atoms with Crippen LogP contribution in [0, 0.1) is 0 Å². The van der Waals surface area contributed by atoms with Gasteiger partial charge in [0.1, 0.15) is 0 Å². The zero-order valence-corrected chi connectivity index (χ0v) is 14.1. The summed E-state index contributed by atoms with van der Waals surface area (Å²) >= 11 is 0. The summed E-state index contributed by atoms with van der Waals surface area (Å²) in [6, 6.07) is 11.9. The van der Waals surface area contributed by atoms with E-state index >= 15 is 0 Å². The van der Waals surface area contributed by atoms with Crippen LogP contribution in [-0.4, -0.2) is 32.9 Å². The van der Waals surface area contributed by atoms with Crippen molar-refractivity contribution >= 4 is 22.0 Å². The smallest absolute Gasteiger partial charge is 0.244 e. The summed E-state index contributed by atoms with van der Waals surface area (Å²) in [5.41, 5.74) is 1.66. The quantitative estimate of drug-likeness (QED) is 0.742. The maximum absolute atomic E-state index is 11.8. The maximum atomic E-state index is 11.8. The van der Waals surface area contributed by atoms with Crippen LogP contribution < -0.4 is 10.0 Å².